The fourth-order valence-electron chi connectivity index (χ4n) is 2.65. The zero-order valence-electron chi connectivity index (χ0n) is 10.1. The van der Waals surface area contributed by atoms with Crippen molar-refractivity contribution in [3.8, 4) is 0 Å². The van der Waals surface area contributed by atoms with Gasteiger partial charge in [0.2, 0.25) is 5.28 Å². The van der Waals surface area contributed by atoms with Crippen LogP contribution in [0.1, 0.15) is 33.1 Å². The molecular formula is C12H17Cl2N3. The van der Waals surface area contributed by atoms with Crippen LogP contribution in [0.15, 0.2) is 6.20 Å². The van der Waals surface area contributed by atoms with Crippen LogP contribution in [-0.4, -0.2) is 16.0 Å². The third-order valence-corrected chi connectivity index (χ3v) is 4.25. The van der Waals surface area contributed by atoms with Gasteiger partial charge in [-0.05, 0) is 36.3 Å². The highest BCUT2D eigenvalue weighted by atomic mass is 35.5. The van der Waals surface area contributed by atoms with Gasteiger partial charge in [0.15, 0.2) is 0 Å². The quantitative estimate of drug-likeness (QED) is 0.846. The number of halogens is 2. The van der Waals surface area contributed by atoms with Crippen molar-refractivity contribution in [1.29, 1.82) is 0 Å². The molecule has 1 aromatic heterocycles. The Bertz CT molecular complexity index is 397. The smallest absolute Gasteiger partial charge is 0.224 e. The summed E-state index contributed by atoms with van der Waals surface area (Å²) in [6.07, 6.45) is 5.21. The summed E-state index contributed by atoms with van der Waals surface area (Å²) >= 11 is 11.8. The molecule has 0 spiro atoms. The summed E-state index contributed by atoms with van der Waals surface area (Å²) in [5.74, 6) is 2.09. The summed E-state index contributed by atoms with van der Waals surface area (Å²) in [4.78, 5) is 7.98. The molecule has 1 aromatic rings. The van der Waals surface area contributed by atoms with E-state index in [2.05, 4.69) is 29.1 Å². The zero-order chi connectivity index (χ0) is 12.4. The molecular weight excluding hydrogens is 257 g/mol. The molecule has 0 amide bonds. The van der Waals surface area contributed by atoms with Crippen LogP contribution in [0.2, 0.25) is 10.3 Å². The lowest BCUT2D eigenvalue weighted by atomic mass is 9.93. The molecule has 0 aromatic carbocycles. The van der Waals surface area contributed by atoms with Crippen LogP contribution in [0.4, 0.5) is 5.82 Å². The van der Waals surface area contributed by atoms with Gasteiger partial charge < -0.3 is 5.32 Å². The summed E-state index contributed by atoms with van der Waals surface area (Å²) in [6.45, 7) is 4.54. The summed E-state index contributed by atoms with van der Waals surface area (Å²) in [6, 6.07) is 0.434. The molecule has 0 bridgehead atoms. The number of nitrogens with zero attached hydrogens (tertiary/aromatic N) is 2. The van der Waals surface area contributed by atoms with Crippen LogP contribution < -0.4 is 5.32 Å². The molecule has 2 rings (SSSR count). The van der Waals surface area contributed by atoms with Crippen LogP contribution in [0.25, 0.3) is 0 Å². The highest BCUT2D eigenvalue weighted by Crippen LogP contribution is 2.36. The average molecular weight is 274 g/mol. The molecule has 0 aliphatic heterocycles. The minimum absolute atomic E-state index is 0.231. The Balaban J connectivity index is 2.09. The predicted octanol–water partition coefficient (Wildman–Crippen LogP) is 4.02. The number of rotatable bonds is 3. The van der Waals surface area contributed by atoms with Crippen molar-refractivity contribution in [2.24, 2.45) is 11.8 Å². The molecule has 3 nitrogen and oxygen atoms in total. The fraction of sp³-hybridized carbons (Fsp3) is 0.667. The summed E-state index contributed by atoms with van der Waals surface area (Å²) in [5, 5.41) is 4.16. The van der Waals surface area contributed by atoms with E-state index in [0.29, 0.717) is 22.8 Å². The highest BCUT2D eigenvalue weighted by Gasteiger charge is 2.31. The second-order valence-corrected chi connectivity index (χ2v) is 5.44. The molecule has 1 N–H and O–H groups in total. The predicted molar refractivity (Wildman–Crippen MR) is 71.6 cm³/mol. The summed E-state index contributed by atoms with van der Waals surface area (Å²) in [5.41, 5.74) is 0. The Morgan fingerprint density at radius 1 is 1.41 bits per heavy atom. The van der Waals surface area contributed by atoms with Crippen molar-refractivity contribution >= 4 is 29.0 Å². The first-order chi connectivity index (χ1) is 8.11. The van der Waals surface area contributed by atoms with Crippen molar-refractivity contribution in [3.05, 3.63) is 16.5 Å². The van der Waals surface area contributed by atoms with E-state index in [0.717, 1.165) is 12.3 Å². The molecule has 94 valence electrons. The SMILES string of the molecule is CCC1CCC(Nc2nc(Cl)ncc2Cl)C1C. The van der Waals surface area contributed by atoms with Crippen LogP contribution in [0.5, 0.6) is 0 Å². The molecule has 1 fully saturated rings. The van der Waals surface area contributed by atoms with Gasteiger partial charge in [-0.15, -0.1) is 0 Å². The summed E-state index contributed by atoms with van der Waals surface area (Å²) < 4.78 is 0. The molecule has 0 radical (unpaired) electrons. The van der Waals surface area contributed by atoms with Crippen molar-refractivity contribution in [2.75, 3.05) is 5.32 Å². The van der Waals surface area contributed by atoms with Gasteiger partial charge >= 0.3 is 0 Å². The maximum Gasteiger partial charge on any atom is 0.224 e. The number of nitrogens with one attached hydrogen (secondary N) is 1. The van der Waals surface area contributed by atoms with Crippen LogP contribution in [-0.2, 0) is 0 Å². The van der Waals surface area contributed by atoms with E-state index in [1.54, 1.807) is 0 Å². The Hall–Kier alpha value is -0.540. The van der Waals surface area contributed by atoms with E-state index < -0.39 is 0 Å². The third kappa shape index (κ3) is 2.83. The molecule has 17 heavy (non-hydrogen) atoms. The Kier molecular flexibility index (Phi) is 4.10. The normalized spacial score (nSPS) is 28.4. The number of hydrogen-bond acceptors (Lipinski definition) is 3. The van der Waals surface area contributed by atoms with Crippen molar-refractivity contribution in [3.63, 3.8) is 0 Å². The molecule has 0 saturated heterocycles. The molecule has 5 heteroatoms. The van der Waals surface area contributed by atoms with E-state index in [1.165, 1.54) is 19.0 Å². The molecule has 1 aliphatic rings. The number of aromatic nitrogens is 2. The van der Waals surface area contributed by atoms with Gasteiger partial charge in [-0.25, -0.2) is 4.98 Å². The second kappa shape index (κ2) is 5.40. The van der Waals surface area contributed by atoms with E-state index in [9.17, 15) is 0 Å². The Morgan fingerprint density at radius 3 is 2.82 bits per heavy atom. The molecule has 3 unspecified atom stereocenters. The lowest BCUT2D eigenvalue weighted by molar-refractivity contribution is 0.391. The second-order valence-electron chi connectivity index (χ2n) is 4.69. The van der Waals surface area contributed by atoms with Crippen LogP contribution >= 0.6 is 23.2 Å². The monoisotopic (exact) mass is 273 g/mol. The van der Waals surface area contributed by atoms with E-state index in [-0.39, 0.29) is 5.28 Å². The first kappa shape index (κ1) is 12.9. The fourth-order valence-corrected chi connectivity index (χ4v) is 2.93. The third-order valence-electron chi connectivity index (χ3n) is 3.79. The molecule has 1 aliphatic carbocycles. The molecule has 1 saturated carbocycles. The lowest BCUT2D eigenvalue weighted by Gasteiger charge is -2.21. The Morgan fingerprint density at radius 2 is 2.18 bits per heavy atom. The standard InChI is InChI=1S/C12H17Cl2N3/c1-3-8-4-5-10(7(8)2)16-11-9(13)6-15-12(14)17-11/h6-8,10H,3-5H2,1-2H3,(H,15,16,17). The lowest BCUT2D eigenvalue weighted by Crippen LogP contribution is -2.25. The largest absolute Gasteiger partial charge is 0.366 e. The topological polar surface area (TPSA) is 37.8 Å². The van der Waals surface area contributed by atoms with Gasteiger partial charge in [-0.1, -0.05) is 31.9 Å². The van der Waals surface area contributed by atoms with E-state index in [1.807, 2.05) is 0 Å². The first-order valence-corrected chi connectivity index (χ1v) is 6.82. The van der Waals surface area contributed by atoms with Crippen LogP contribution in [0, 0.1) is 11.8 Å². The zero-order valence-corrected chi connectivity index (χ0v) is 11.6. The van der Waals surface area contributed by atoms with Gasteiger partial charge in [-0.2, -0.15) is 4.98 Å². The van der Waals surface area contributed by atoms with Gasteiger partial charge in [0.05, 0.1) is 6.20 Å². The van der Waals surface area contributed by atoms with Crippen molar-refractivity contribution in [2.45, 2.75) is 39.2 Å². The van der Waals surface area contributed by atoms with Crippen molar-refractivity contribution in [1.82, 2.24) is 9.97 Å². The van der Waals surface area contributed by atoms with Crippen LogP contribution in [0.3, 0.4) is 0 Å². The minimum atomic E-state index is 0.231. The van der Waals surface area contributed by atoms with Gasteiger partial charge in [0.25, 0.3) is 0 Å². The minimum Gasteiger partial charge on any atom is -0.366 e. The van der Waals surface area contributed by atoms with Gasteiger partial charge in [0, 0.05) is 6.04 Å². The molecule has 1 heterocycles. The van der Waals surface area contributed by atoms with Gasteiger partial charge in [0.1, 0.15) is 10.8 Å². The van der Waals surface area contributed by atoms with E-state index in [4.69, 9.17) is 23.2 Å². The molecule has 3 atom stereocenters. The van der Waals surface area contributed by atoms with E-state index >= 15 is 0 Å². The first-order valence-electron chi connectivity index (χ1n) is 6.06. The maximum absolute atomic E-state index is 6.05. The van der Waals surface area contributed by atoms with Crippen molar-refractivity contribution < 1.29 is 0 Å². The summed E-state index contributed by atoms with van der Waals surface area (Å²) in [7, 11) is 0. The van der Waals surface area contributed by atoms with Gasteiger partial charge in [-0.3, -0.25) is 0 Å². The average Bonchev–Trinajstić information content (AvgIpc) is 2.65. The number of hydrogen-bond donors (Lipinski definition) is 1. The number of anilines is 1. The highest BCUT2D eigenvalue weighted by molar-refractivity contribution is 6.33. The Labute approximate surface area is 112 Å². The maximum atomic E-state index is 6.05.